The van der Waals surface area contributed by atoms with Gasteiger partial charge in [0.2, 0.25) is 0 Å². The predicted molar refractivity (Wildman–Crippen MR) is 73.5 cm³/mol. The first-order valence-electron chi connectivity index (χ1n) is 5.27. The van der Waals surface area contributed by atoms with Gasteiger partial charge in [-0.1, -0.05) is 11.6 Å². The number of carbonyl (C=O) groups excluding carboxylic acids is 1. The van der Waals surface area contributed by atoms with Gasteiger partial charge in [-0.25, -0.2) is 0 Å². The van der Waals surface area contributed by atoms with Crippen molar-refractivity contribution in [2.45, 2.75) is 6.54 Å². The van der Waals surface area contributed by atoms with Gasteiger partial charge in [0.1, 0.15) is 0 Å². The Hall–Kier alpha value is -1.33. The molecule has 94 valence electrons. The Morgan fingerprint density at radius 2 is 2.33 bits per heavy atom. The van der Waals surface area contributed by atoms with Crippen LogP contribution in [0, 0.1) is 0 Å². The Bertz CT molecular complexity index is 582. The van der Waals surface area contributed by atoms with Crippen LogP contribution in [0.2, 0.25) is 5.02 Å². The highest BCUT2D eigenvalue weighted by atomic mass is 79.9. The number of hydrogen-bond acceptors (Lipinski definition) is 2. The number of nitrogens with one attached hydrogen (secondary N) is 1. The van der Waals surface area contributed by atoms with Crippen LogP contribution in [-0.2, 0) is 13.6 Å². The molecule has 0 fully saturated rings. The number of aryl methyl sites for hydroxylation is 1. The van der Waals surface area contributed by atoms with Crippen LogP contribution in [0.25, 0.3) is 0 Å². The number of nitrogens with zero attached hydrogens (tertiary/aromatic N) is 2. The summed E-state index contributed by atoms with van der Waals surface area (Å²) < 4.78 is 2.40. The average Bonchev–Trinajstić information content (AvgIpc) is 2.75. The lowest BCUT2D eigenvalue weighted by molar-refractivity contribution is 0.0951. The van der Waals surface area contributed by atoms with E-state index in [0.29, 0.717) is 21.6 Å². The van der Waals surface area contributed by atoms with Gasteiger partial charge in [0.15, 0.2) is 0 Å². The molecule has 0 spiro atoms. The van der Waals surface area contributed by atoms with Gasteiger partial charge in [0.05, 0.1) is 11.2 Å². The van der Waals surface area contributed by atoms with Gasteiger partial charge < -0.3 is 5.32 Å². The van der Waals surface area contributed by atoms with E-state index in [1.54, 1.807) is 29.1 Å². The number of benzene rings is 1. The van der Waals surface area contributed by atoms with Gasteiger partial charge in [0, 0.05) is 35.4 Å². The van der Waals surface area contributed by atoms with Crippen molar-refractivity contribution in [2.24, 2.45) is 7.05 Å². The minimum absolute atomic E-state index is 0.142. The number of halogens is 2. The van der Waals surface area contributed by atoms with Crippen LogP contribution in [0.3, 0.4) is 0 Å². The van der Waals surface area contributed by atoms with Gasteiger partial charge in [-0.15, -0.1) is 0 Å². The van der Waals surface area contributed by atoms with Gasteiger partial charge >= 0.3 is 0 Å². The summed E-state index contributed by atoms with van der Waals surface area (Å²) in [6.45, 7) is 0.451. The van der Waals surface area contributed by atoms with E-state index in [2.05, 4.69) is 26.3 Å². The quantitative estimate of drug-likeness (QED) is 0.942. The largest absolute Gasteiger partial charge is 0.348 e. The van der Waals surface area contributed by atoms with Crippen molar-refractivity contribution in [2.75, 3.05) is 0 Å². The fraction of sp³-hybridized carbons (Fsp3) is 0.167. The van der Waals surface area contributed by atoms with Crippen LogP contribution < -0.4 is 5.32 Å². The minimum atomic E-state index is -0.142. The van der Waals surface area contributed by atoms with E-state index in [1.807, 2.05) is 13.2 Å². The Kier molecular flexibility index (Phi) is 4.04. The molecule has 0 aliphatic carbocycles. The average molecular weight is 329 g/mol. The third kappa shape index (κ3) is 3.11. The fourth-order valence-electron chi connectivity index (χ4n) is 1.48. The Morgan fingerprint density at radius 3 is 2.94 bits per heavy atom. The summed E-state index contributed by atoms with van der Waals surface area (Å²) in [5, 5.41) is 7.43. The molecule has 1 N–H and O–H groups in total. The molecule has 1 heterocycles. The number of aromatic nitrogens is 2. The van der Waals surface area contributed by atoms with Crippen LogP contribution in [0.1, 0.15) is 15.9 Å². The molecule has 1 aromatic heterocycles. The highest BCUT2D eigenvalue weighted by molar-refractivity contribution is 9.10. The molecule has 4 nitrogen and oxygen atoms in total. The van der Waals surface area contributed by atoms with E-state index >= 15 is 0 Å². The lowest BCUT2D eigenvalue weighted by atomic mass is 10.2. The molecular formula is C12H11BrClN3O. The minimum Gasteiger partial charge on any atom is -0.348 e. The number of carbonyl (C=O) groups is 1. The molecule has 1 amide bonds. The smallest absolute Gasteiger partial charge is 0.251 e. The Labute approximate surface area is 118 Å². The second kappa shape index (κ2) is 5.54. The zero-order valence-electron chi connectivity index (χ0n) is 9.65. The van der Waals surface area contributed by atoms with Crippen molar-refractivity contribution >= 4 is 33.4 Å². The normalized spacial score (nSPS) is 10.4. The van der Waals surface area contributed by atoms with Crippen LogP contribution >= 0.6 is 27.5 Å². The molecule has 0 unspecified atom stereocenters. The van der Waals surface area contributed by atoms with E-state index in [0.717, 1.165) is 5.56 Å². The highest BCUT2D eigenvalue weighted by Crippen LogP contribution is 2.23. The lowest BCUT2D eigenvalue weighted by Crippen LogP contribution is -2.22. The summed E-state index contributed by atoms with van der Waals surface area (Å²) in [4.78, 5) is 11.9. The summed E-state index contributed by atoms with van der Waals surface area (Å²) >= 11 is 9.16. The summed E-state index contributed by atoms with van der Waals surface area (Å²) in [7, 11) is 1.83. The number of amides is 1. The zero-order chi connectivity index (χ0) is 13.1. The molecule has 6 heteroatoms. The van der Waals surface area contributed by atoms with E-state index in [-0.39, 0.29) is 5.91 Å². The molecule has 1 aromatic carbocycles. The molecule has 0 aliphatic heterocycles. The monoisotopic (exact) mass is 327 g/mol. The van der Waals surface area contributed by atoms with Gasteiger partial charge in [0.25, 0.3) is 5.91 Å². The standard InChI is InChI=1S/C12H11BrClN3O/c1-17-7-8(6-16-17)5-15-12(18)9-2-3-11(14)10(13)4-9/h2-4,6-7H,5H2,1H3,(H,15,18). The maximum absolute atomic E-state index is 11.9. The molecule has 0 atom stereocenters. The highest BCUT2D eigenvalue weighted by Gasteiger charge is 2.07. The number of hydrogen-bond donors (Lipinski definition) is 1. The van der Waals surface area contributed by atoms with Crippen molar-refractivity contribution in [1.82, 2.24) is 15.1 Å². The van der Waals surface area contributed by atoms with Crippen molar-refractivity contribution in [1.29, 1.82) is 0 Å². The molecular weight excluding hydrogens is 318 g/mol. The molecule has 0 bridgehead atoms. The third-order valence-corrected chi connectivity index (χ3v) is 3.61. The molecule has 0 saturated heterocycles. The van der Waals surface area contributed by atoms with Gasteiger partial charge in [-0.05, 0) is 34.1 Å². The first-order valence-corrected chi connectivity index (χ1v) is 6.44. The fourth-order valence-corrected chi connectivity index (χ4v) is 1.98. The predicted octanol–water partition coefficient (Wildman–Crippen LogP) is 2.77. The molecule has 18 heavy (non-hydrogen) atoms. The Balaban J connectivity index is 2.01. The topological polar surface area (TPSA) is 46.9 Å². The third-order valence-electron chi connectivity index (χ3n) is 2.39. The van der Waals surface area contributed by atoms with E-state index in [9.17, 15) is 4.79 Å². The van der Waals surface area contributed by atoms with Crippen LogP contribution in [0.4, 0.5) is 0 Å². The lowest BCUT2D eigenvalue weighted by Gasteiger charge is -2.04. The van der Waals surface area contributed by atoms with Crippen molar-refractivity contribution in [3.05, 3.63) is 51.2 Å². The molecule has 0 radical (unpaired) electrons. The first kappa shape index (κ1) is 13.1. The van der Waals surface area contributed by atoms with E-state index in [4.69, 9.17) is 11.6 Å². The zero-order valence-corrected chi connectivity index (χ0v) is 12.0. The van der Waals surface area contributed by atoms with Gasteiger partial charge in [-0.3, -0.25) is 9.48 Å². The summed E-state index contributed by atoms with van der Waals surface area (Å²) in [5.41, 5.74) is 1.52. The van der Waals surface area contributed by atoms with E-state index < -0.39 is 0 Å². The van der Waals surface area contributed by atoms with Crippen molar-refractivity contribution in [3.8, 4) is 0 Å². The molecule has 0 aliphatic rings. The maximum atomic E-state index is 11.9. The SMILES string of the molecule is Cn1cc(CNC(=O)c2ccc(Cl)c(Br)c2)cn1. The molecule has 2 aromatic rings. The number of rotatable bonds is 3. The van der Waals surface area contributed by atoms with Crippen LogP contribution in [-0.4, -0.2) is 15.7 Å². The van der Waals surface area contributed by atoms with Gasteiger partial charge in [-0.2, -0.15) is 5.10 Å². The summed E-state index contributed by atoms with van der Waals surface area (Å²) in [5.74, 6) is -0.142. The van der Waals surface area contributed by atoms with E-state index in [1.165, 1.54) is 0 Å². The maximum Gasteiger partial charge on any atom is 0.251 e. The second-order valence-electron chi connectivity index (χ2n) is 3.83. The van der Waals surface area contributed by atoms with Crippen molar-refractivity contribution < 1.29 is 4.79 Å². The summed E-state index contributed by atoms with van der Waals surface area (Å²) in [6.07, 6.45) is 3.58. The van der Waals surface area contributed by atoms with Crippen LogP contribution in [0.5, 0.6) is 0 Å². The second-order valence-corrected chi connectivity index (χ2v) is 5.10. The molecule has 2 rings (SSSR count). The van der Waals surface area contributed by atoms with Crippen LogP contribution in [0.15, 0.2) is 35.1 Å². The Morgan fingerprint density at radius 1 is 1.56 bits per heavy atom. The summed E-state index contributed by atoms with van der Waals surface area (Å²) in [6, 6.07) is 5.07. The molecule has 0 saturated carbocycles. The first-order chi connectivity index (χ1) is 8.56. The van der Waals surface area contributed by atoms with Crippen molar-refractivity contribution in [3.63, 3.8) is 0 Å².